The summed E-state index contributed by atoms with van der Waals surface area (Å²) in [5.41, 5.74) is 1.05. The summed E-state index contributed by atoms with van der Waals surface area (Å²) in [7, 11) is 0. The van der Waals surface area contributed by atoms with E-state index in [0.29, 0.717) is 12.0 Å². The fourth-order valence-electron chi connectivity index (χ4n) is 2.72. The third-order valence-electron chi connectivity index (χ3n) is 3.96. The SMILES string of the molecule is CC(C)NCC(OCC1CCCC1)c1ccc(F)cc1. The number of hydrogen-bond acceptors (Lipinski definition) is 2. The third-order valence-corrected chi connectivity index (χ3v) is 3.96. The Hall–Kier alpha value is -0.930. The molecule has 112 valence electrons. The minimum atomic E-state index is -0.194. The van der Waals surface area contributed by atoms with Gasteiger partial charge in [0.2, 0.25) is 0 Å². The highest BCUT2D eigenvalue weighted by atomic mass is 19.1. The van der Waals surface area contributed by atoms with Crippen molar-refractivity contribution in [2.45, 2.75) is 51.7 Å². The summed E-state index contributed by atoms with van der Waals surface area (Å²) in [6.07, 6.45) is 5.25. The second kappa shape index (κ2) is 7.75. The number of hydrogen-bond donors (Lipinski definition) is 1. The molecule has 2 nitrogen and oxygen atoms in total. The van der Waals surface area contributed by atoms with Gasteiger partial charge in [-0.25, -0.2) is 4.39 Å². The van der Waals surface area contributed by atoms with Crippen molar-refractivity contribution in [3.8, 4) is 0 Å². The van der Waals surface area contributed by atoms with Crippen LogP contribution < -0.4 is 5.32 Å². The van der Waals surface area contributed by atoms with Gasteiger partial charge in [0.1, 0.15) is 5.82 Å². The lowest BCUT2D eigenvalue weighted by Crippen LogP contribution is -2.30. The molecule has 1 fully saturated rings. The second-order valence-electron chi connectivity index (χ2n) is 6.09. The Balaban J connectivity index is 1.93. The van der Waals surface area contributed by atoms with Crippen LogP contribution in [0.1, 0.15) is 51.2 Å². The molecule has 1 aromatic rings. The molecule has 0 heterocycles. The Labute approximate surface area is 121 Å². The summed E-state index contributed by atoms with van der Waals surface area (Å²) < 4.78 is 19.2. The molecule has 1 aromatic carbocycles. The van der Waals surface area contributed by atoms with Gasteiger partial charge in [-0.15, -0.1) is 0 Å². The molecule has 1 atom stereocenters. The van der Waals surface area contributed by atoms with E-state index >= 15 is 0 Å². The van der Waals surface area contributed by atoms with E-state index in [9.17, 15) is 4.39 Å². The fraction of sp³-hybridized carbons (Fsp3) is 0.647. The average Bonchev–Trinajstić information content (AvgIpc) is 2.93. The van der Waals surface area contributed by atoms with Gasteiger partial charge in [0.05, 0.1) is 12.7 Å². The van der Waals surface area contributed by atoms with Gasteiger partial charge >= 0.3 is 0 Å². The smallest absolute Gasteiger partial charge is 0.123 e. The maximum Gasteiger partial charge on any atom is 0.123 e. The van der Waals surface area contributed by atoms with Gasteiger partial charge in [-0.2, -0.15) is 0 Å². The minimum Gasteiger partial charge on any atom is -0.372 e. The highest BCUT2D eigenvalue weighted by Gasteiger charge is 2.19. The molecule has 1 aliphatic carbocycles. The molecule has 0 saturated heterocycles. The molecule has 0 aliphatic heterocycles. The van der Waals surface area contributed by atoms with E-state index in [-0.39, 0.29) is 11.9 Å². The van der Waals surface area contributed by atoms with Crippen LogP contribution in [0.25, 0.3) is 0 Å². The third kappa shape index (κ3) is 4.88. The summed E-state index contributed by atoms with van der Waals surface area (Å²) in [5.74, 6) is 0.511. The molecule has 1 aliphatic rings. The molecule has 2 rings (SSSR count). The molecule has 1 N–H and O–H groups in total. The van der Waals surface area contributed by atoms with Crippen molar-refractivity contribution >= 4 is 0 Å². The lowest BCUT2D eigenvalue weighted by atomic mass is 10.1. The molecule has 1 saturated carbocycles. The van der Waals surface area contributed by atoms with Crippen LogP contribution in [-0.4, -0.2) is 19.2 Å². The van der Waals surface area contributed by atoms with E-state index in [0.717, 1.165) is 18.7 Å². The highest BCUT2D eigenvalue weighted by molar-refractivity contribution is 5.19. The van der Waals surface area contributed by atoms with Gasteiger partial charge in [-0.05, 0) is 36.5 Å². The molecule has 1 unspecified atom stereocenters. The van der Waals surface area contributed by atoms with E-state index in [2.05, 4.69) is 19.2 Å². The first-order chi connectivity index (χ1) is 9.65. The first-order valence-corrected chi connectivity index (χ1v) is 7.75. The molecule has 20 heavy (non-hydrogen) atoms. The molecular weight excluding hydrogens is 253 g/mol. The highest BCUT2D eigenvalue weighted by Crippen LogP contribution is 2.27. The maximum absolute atomic E-state index is 13.0. The van der Waals surface area contributed by atoms with Crippen molar-refractivity contribution in [1.29, 1.82) is 0 Å². The van der Waals surface area contributed by atoms with Crippen molar-refractivity contribution in [2.75, 3.05) is 13.2 Å². The summed E-state index contributed by atoms with van der Waals surface area (Å²) in [4.78, 5) is 0. The van der Waals surface area contributed by atoms with E-state index < -0.39 is 0 Å². The molecule has 0 bridgehead atoms. The van der Waals surface area contributed by atoms with Crippen LogP contribution in [0.2, 0.25) is 0 Å². The number of ether oxygens (including phenoxy) is 1. The van der Waals surface area contributed by atoms with Crippen molar-refractivity contribution in [1.82, 2.24) is 5.32 Å². The molecule has 0 spiro atoms. The number of rotatable bonds is 7. The normalized spacial score (nSPS) is 17.8. The second-order valence-corrected chi connectivity index (χ2v) is 6.09. The topological polar surface area (TPSA) is 21.3 Å². The van der Waals surface area contributed by atoms with Gasteiger partial charge < -0.3 is 10.1 Å². The predicted molar refractivity (Wildman–Crippen MR) is 80.2 cm³/mol. The van der Waals surface area contributed by atoms with Gasteiger partial charge in [-0.1, -0.05) is 38.8 Å². The van der Waals surface area contributed by atoms with Crippen LogP contribution in [0.5, 0.6) is 0 Å². The van der Waals surface area contributed by atoms with Crippen molar-refractivity contribution < 1.29 is 9.13 Å². The summed E-state index contributed by atoms with van der Waals surface area (Å²) in [5, 5.41) is 3.42. The van der Waals surface area contributed by atoms with Crippen molar-refractivity contribution in [3.63, 3.8) is 0 Å². The van der Waals surface area contributed by atoms with Crippen LogP contribution >= 0.6 is 0 Å². The van der Waals surface area contributed by atoms with Crippen LogP contribution in [0.4, 0.5) is 4.39 Å². The summed E-state index contributed by atoms with van der Waals surface area (Å²) in [6.45, 7) is 5.84. The Kier molecular flexibility index (Phi) is 5.99. The van der Waals surface area contributed by atoms with Gasteiger partial charge in [0, 0.05) is 12.6 Å². The lowest BCUT2D eigenvalue weighted by Gasteiger charge is -2.22. The van der Waals surface area contributed by atoms with Gasteiger partial charge in [0.15, 0.2) is 0 Å². The zero-order valence-corrected chi connectivity index (χ0v) is 12.6. The van der Waals surface area contributed by atoms with E-state index in [1.165, 1.54) is 37.8 Å². The van der Waals surface area contributed by atoms with E-state index in [4.69, 9.17) is 4.74 Å². The maximum atomic E-state index is 13.0. The Bertz CT molecular complexity index is 384. The van der Waals surface area contributed by atoms with Crippen LogP contribution in [0, 0.1) is 11.7 Å². The first kappa shape index (κ1) is 15.5. The number of benzene rings is 1. The molecule has 0 amide bonds. The largest absolute Gasteiger partial charge is 0.372 e. The lowest BCUT2D eigenvalue weighted by molar-refractivity contribution is 0.0284. The van der Waals surface area contributed by atoms with Crippen LogP contribution in [0.15, 0.2) is 24.3 Å². The van der Waals surface area contributed by atoms with E-state index in [1.54, 1.807) is 0 Å². The fourth-order valence-corrected chi connectivity index (χ4v) is 2.72. The molecule has 0 aromatic heterocycles. The Morgan fingerprint density at radius 2 is 1.85 bits per heavy atom. The standard InChI is InChI=1S/C17H26FNO/c1-13(2)19-11-17(15-7-9-16(18)10-8-15)20-12-14-5-3-4-6-14/h7-10,13-14,17,19H,3-6,11-12H2,1-2H3. The predicted octanol–water partition coefficient (Wildman–Crippen LogP) is 4.07. The number of nitrogens with one attached hydrogen (secondary N) is 1. The van der Waals surface area contributed by atoms with Crippen LogP contribution in [0.3, 0.4) is 0 Å². The monoisotopic (exact) mass is 279 g/mol. The molecule has 0 radical (unpaired) electrons. The van der Waals surface area contributed by atoms with Crippen molar-refractivity contribution in [2.24, 2.45) is 5.92 Å². The Morgan fingerprint density at radius 3 is 2.45 bits per heavy atom. The Morgan fingerprint density at radius 1 is 1.20 bits per heavy atom. The average molecular weight is 279 g/mol. The zero-order valence-electron chi connectivity index (χ0n) is 12.6. The van der Waals surface area contributed by atoms with Crippen molar-refractivity contribution in [3.05, 3.63) is 35.6 Å². The summed E-state index contributed by atoms with van der Waals surface area (Å²) in [6, 6.07) is 7.11. The number of halogens is 1. The molecular formula is C17H26FNO. The quantitative estimate of drug-likeness (QED) is 0.812. The van der Waals surface area contributed by atoms with E-state index in [1.807, 2.05) is 12.1 Å². The zero-order chi connectivity index (χ0) is 14.4. The van der Waals surface area contributed by atoms with Gasteiger partial charge in [0.25, 0.3) is 0 Å². The van der Waals surface area contributed by atoms with Crippen LogP contribution in [-0.2, 0) is 4.74 Å². The van der Waals surface area contributed by atoms with Gasteiger partial charge in [-0.3, -0.25) is 0 Å². The summed E-state index contributed by atoms with van der Waals surface area (Å²) >= 11 is 0. The minimum absolute atomic E-state index is 0.0126. The first-order valence-electron chi connectivity index (χ1n) is 7.75. The molecule has 3 heteroatoms.